The Morgan fingerprint density at radius 1 is 0.588 bits per heavy atom. The predicted molar refractivity (Wildman–Crippen MR) is 123 cm³/mol. The Balaban J connectivity index is 2.45. The fraction of sp³-hybridized carbons (Fsp3) is 0.250. The standard InChI is InChI=1S/C24H24F6NO2P/c1-31(2)19-13-15-22(16-14-19)34(32-17-23(25,26)27,33-18-24(28,29)30,20-9-5-3-6-10-20)21-11-7-4-8-12-21/h3-16H,17-18H2,1-2H3. The second-order valence-corrected chi connectivity index (χ2v) is 11.8. The molecular weight excluding hydrogens is 479 g/mol. The van der Waals surface area contributed by atoms with Gasteiger partial charge in [-0.25, -0.2) is 0 Å². The molecule has 0 saturated heterocycles. The van der Waals surface area contributed by atoms with E-state index in [1.165, 1.54) is 60.7 Å². The van der Waals surface area contributed by atoms with Crippen molar-refractivity contribution in [3.05, 3.63) is 84.9 Å². The quantitative estimate of drug-likeness (QED) is 0.297. The van der Waals surface area contributed by atoms with Crippen LogP contribution in [0, 0.1) is 0 Å². The van der Waals surface area contributed by atoms with Crippen LogP contribution in [0.2, 0.25) is 0 Å². The Bertz CT molecular complexity index is 1010. The number of anilines is 1. The Kier molecular flexibility index (Phi) is 7.31. The number of benzene rings is 3. The van der Waals surface area contributed by atoms with Gasteiger partial charge in [-0.05, 0) is 0 Å². The molecule has 0 atom stereocenters. The zero-order chi connectivity index (χ0) is 25.1. The van der Waals surface area contributed by atoms with Gasteiger partial charge >= 0.3 is 194 Å². The molecule has 3 aromatic carbocycles. The van der Waals surface area contributed by atoms with Gasteiger partial charge in [0.15, 0.2) is 0 Å². The first-order valence-electron chi connectivity index (χ1n) is 10.2. The molecule has 3 aromatic rings. The van der Waals surface area contributed by atoms with Crippen LogP contribution in [-0.4, -0.2) is 39.7 Å². The molecule has 0 spiro atoms. The van der Waals surface area contributed by atoms with E-state index in [-0.39, 0.29) is 15.9 Å². The summed E-state index contributed by atoms with van der Waals surface area (Å²) in [6, 6.07) is 21.3. The van der Waals surface area contributed by atoms with Crippen molar-refractivity contribution in [1.82, 2.24) is 0 Å². The van der Waals surface area contributed by atoms with E-state index in [0.29, 0.717) is 5.69 Å². The van der Waals surface area contributed by atoms with Crippen LogP contribution in [0.15, 0.2) is 84.9 Å². The summed E-state index contributed by atoms with van der Waals surface area (Å²) in [5.41, 5.74) is 0.702. The van der Waals surface area contributed by atoms with Crippen molar-refractivity contribution in [2.45, 2.75) is 12.4 Å². The van der Waals surface area contributed by atoms with Crippen molar-refractivity contribution in [2.75, 3.05) is 32.2 Å². The van der Waals surface area contributed by atoms with Gasteiger partial charge in [0, 0.05) is 0 Å². The van der Waals surface area contributed by atoms with Crippen molar-refractivity contribution in [3.63, 3.8) is 0 Å². The summed E-state index contributed by atoms with van der Waals surface area (Å²) in [5.74, 6) is 0. The Hall–Kier alpha value is -2.61. The number of alkyl halides is 6. The Morgan fingerprint density at radius 3 is 1.26 bits per heavy atom. The number of nitrogens with zero attached hydrogens (tertiary/aromatic N) is 1. The summed E-state index contributed by atoms with van der Waals surface area (Å²) < 4.78 is 92.8. The van der Waals surface area contributed by atoms with E-state index in [9.17, 15) is 26.3 Å². The molecule has 10 heteroatoms. The normalized spacial score (nSPS) is 13.8. The van der Waals surface area contributed by atoms with Gasteiger partial charge in [-0.1, -0.05) is 0 Å². The molecule has 184 valence electrons. The predicted octanol–water partition coefficient (Wildman–Crippen LogP) is 5.57. The molecule has 0 amide bonds. The number of hydrogen-bond acceptors (Lipinski definition) is 3. The van der Waals surface area contributed by atoms with Gasteiger partial charge < -0.3 is 0 Å². The number of halogens is 6. The second-order valence-electron chi connectivity index (χ2n) is 7.82. The van der Waals surface area contributed by atoms with Gasteiger partial charge in [-0.15, -0.1) is 0 Å². The van der Waals surface area contributed by atoms with Crippen molar-refractivity contribution >= 4 is 28.7 Å². The van der Waals surface area contributed by atoms with E-state index in [1.807, 2.05) is 0 Å². The van der Waals surface area contributed by atoms with Gasteiger partial charge in [0.25, 0.3) is 0 Å². The zero-order valence-corrected chi connectivity index (χ0v) is 19.4. The molecule has 3 nitrogen and oxygen atoms in total. The summed E-state index contributed by atoms with van der Waals surface area (Å²) in [4.78, 5) is 1.76. The topological polar surface area (TPSA) is 21.7 Å². The molecular formula is C24H24F6NO2P. The molecule has 0 fully saturated rings. The van der Waals surface area contributed by atoms with Gasteiger partial charge in [0.05, 0.1) is 0 Å². The van der Waals surface area contributed by atoms with Crippen LogP contribution in [-0.2, 0) is 9.05 Å². The van der Waals surface area contributed by atoms with Crippen LogP contribution < -0.4 is 20.8 Å². The van der Waals surface area contributed by atoms with Gasteiger partial charge in [-0.3, -0.25) is 0 Å². The fourth-order valence-electron chi connectivity index (χ4n) is 3.74. The van der Waals surface area contributed by atoms with E-state index < -0.39 is 32.6 Å². The van der Waals surface area contributed by atoms with Crippen LogP contribution >= 0.6 is 7.06 Å². The van der Waals surface area contributed by atoms with Crippen molar-refractivity contribution in [3.8, 4) is 0 Å². The Labute approximate surface area is 194 Å². The van der Waals surface area contributed by atoms with E-state index in [4.69, 9.17) is 9.05 Å². The summed E-state index contributed by atoms with van der Waals surface area (Å²) >= 11 is 0. The third-order valence-corrected chi connectivity index (χ3v) is 10.2. The average Bonchev–Trinajstić information content (AvgIpc) is 2.80. The van der Waals surface area contributed by atoms with Gasteiger partial charge in [0.1, 0.15) is 0 Å². The molecule has 0 unspecified atom stereocenters. The fourth-order valence-corrected chi connectivity index (χ4v) is 8.51. The third-order valence-electron chi connectivity index (χ3n) is 5.23. The molecule has 3 rings (SSSR count). The van der Waals surface area contributed by atoms with E-state index in [1.54, 1.807) is 43.3 Å². The molecule has 0 aliphatic rings. The molecule has 0 aliphatic heterocycles. The average molecular weight is 503 g/mol. The number of hydrogen-bond donors (Lipinski definition) is 0. The summed E-state index contributed by atoms with van der Waals surface area (Å²) in [5, 5.41) is 0.263. The minimum atomic E-state index is -5.24. The van der Waals surface area contributed by atoms with E-state index in [0.717, 1.165) is 0 Å². The molecule has 0 radical (unpaired) electrons. The van der Waals surface area contributed by atoms with Crippen LogP contribution in [0.1, 0.15) is 0 Å². The minimum absolute atomic E-state index is 0.0856. The van der Waals surface area contributed by atoms with Gasteiger partial charge in [-0.2, -0.15) is 0 Å². The molecule has 0 saturated carbocycles. The zero-order valence-electron chi connectivity index (χ0n) is 18.5. The third kappa shape index (κ3) is 5.22. The SMILES string of the molecule is CN(C)c1ccc(P(OCC(F)(F)F)(OCC(F)(F)F)(c2ccccc2)c2ccccc2)cc1. The number of rotatable bonds is 8. The maximum absolute atomic E-state index is 13.6. The summed E-state index contributed by atoms with van der Waals surface area (Å²) in [6.45, 7) is -3.61. The van der Waals surface area contributed by atoms with E-state index in [2.05, 4.69) is 0 Å². The van der Waals surface area contributed by atoms with Crippen molar-refractivity contribution in [1.29, 1.82) is 0 Å². The summed E-state index contributed by atoms with van der Waals surface area (Å²) in [7, 11) is -1.70. The van der Waals surface area contributed by atoms with Crippen LogP contribution in [0.5, 0.6) is 0 Å². The van der Waals surface area contributed by atoms with E-state index >= 15 is 0 Å². The molecule has 0 aliphatic carbocycles. The first-order chi connectivity index (χ1) is 15.9. The van der Waals surface area contributed by atoms with Crippen LogP contribution in [0.4, 0.5) is 32.0 Å². The van der Waals surface area contributed by atoms with Gasteiger partial charge in [0.2, 0.25) is 0 Å². The van der Waals surface area contributed by atoms with Crippen LogP contribution in [0.3, 0.4) is 0 Å². The van der Waals surface area contributed by atoms with Crippen LogP contribution in [0.25, 0.3) is 0 Å². The second kappa shape index (κ2) is 9.56. The molecule has 34 heavy (non-hydrogen) atoms. The first-order valence-corrected chi connectivity index (χ1v) is 12.3. The summed E-state index contributed by atoms with van der Waals surface area (Å²) in [6.07, 6.45) is -9.64. The molecule has 0 N–H and O–H groups in total. The molecule has 0 bridgehead atoms. The molecule has 0 heterocycles. The van der Waals surface area contributed by atoms with Crippen molar-refractivity contribution in [2.24, 2.45) is 0 Å². The maximum atomic E-state index is 13.6. The molecule has 0 aromatic heterocycles. The van der Waals surface area contributed by atoms with Crippen molar-refractivity contribution < 1.29 is 35.4 Å². The monoisotopic (exact) mass is 503 g/mol. The first kappa shape index (κ1) is 26.0. The Morgan fingerprint density at radius 2 is 0.941 bits per heavy atom.